The van der Waals surface area contributed by atoms with Crippen LogP contribution in [-0.4, -0.2) is 112 Å². The molecule has 4 atom stereocenters. The Morgan fingerprint density at radius 1 is 0.360 bits per heavy atom. The van der Waals surface area contributed by atoms with Gasteiger partial charge in [-0.15, -0.1) is 0 Å². The molecule has 438 valence electrons. The number of ether oxygens (including phenoxy) is 12. The van der Waals surface area contributed by atoms with E-state index in [1.165, 1.54) is 0 Å². The fourth-order valence-electron chi connectivity index (χ4n) is 9.47. The molecule has 0 aromatic heterocycles. The summed E-state index contributed by atoms with van der Waals surface area (Å²) in [7, 11) is 0. The molecule has 20 heteroatoms. The monoisotopic (exact) mass is 1170 g/mol. The molecular formula is C66H54O20. The minimum absolute atomic E-state index is 0.0180. The summed E-state index contributed by atoms with van der Waals surface area (Å²) in [6.07, 6.45) is -0.611. The van der Waals surface area contributed by atoms with E-state index in [9.17, 15) is 38.4 Å². The first-order valence-corrected chi connectivity index (χ1v) is 27.3. The second-order valence-electron chi connectivity index (χ2n) is 19.7. The largest absolute Gasteiger partial charge is 0.513 e. The molecule has 2 fully saturated rings. The summed E-state index contributed by atoms with van der Waals surface area (Å²) in [4.78, 5) is 100. The second-order valence-corrected chi connectivity index (χ2v) is 19.7. The number of carbonyl (C=O) groups is 8. The Hall–Kier alpha value is -10.4. The van der Waals surface area contributed by atoms with Gasteiger partial charge in [0.15, 0.2) is 12.2 Å². The Morgan fingerprint density at radius 3 is 0.965 bits per heavy atom. The van der Waals surface area contributed by atoms with Crippen LogP contribution >= 0.6 is 0 Å². The van der Waals surface area contributed by atoms with E-state index in [4.69, 9.17) is 56.8 Å². The van der Waals surface area contributed by atoms with E-state index in [-0.39, 0.29) is 84.9 Å². The van der Waals surface area contributed by atoms with Gasteiger partial charge in [-0.3, -0.25) is 0 Å². The molecular weight excluding hydrogens is 1110 g/mol. The maximum Gasteiger partial charge on any atom is 0.513 e. The fourth-order valence-corrected chi connectivity index (χ4v) is 9.47. The fraction of sp³-hybridized carbons (Fsp3) is 0.212. The van der Waals surface area contributed by atoms with Crippen LogP contribution in [0.2, 0.25) is 0 Å². The van der Waals surface area contributed by atoms with Gasteiger partial charge >= 0.3 is 48.1 Å². The first-order chi connectivity index (χ1) is 41.7. The molecule has 2 unspecified atom stereocenters. The summed E-state index contributed by atoms with van der Waals surface area (Å²) in [5.41, 5.74) is 1.11. The molecule has 0 saturated carbocycles. The van der Waals surface area contributed by atoms with Gasteiger partial charge in [0.25, 0.3) is 0 Å². The van der Waals surface area contributed by atoms with E-state index in [1.54, 1.807) is 146 Å². The van der Waals surface area contributed by atoms with Crippen LogP contribution in [0.4, 0.5) is 9.59 Å². The number of benzene rings is 8. The van der Waals surface area contributed by atoms with Gasteiger partial charge < -0.3 is 56.8 Å². The number of carbonyl (C=O) groups excluding carboxylic acids is 8. The summed E-state index contributed by atoms with van der Waals surface area (Å²) >= 11 is 0. The highest BCUT2D eigenvalue weighted by atomic mass is 16.7. The lowest BCUT2D eigenvalue weighted by atomic mass is 10.1. The van der Waals surface area contributed by atoms with Gasteiger partial charge in [-0.05, 0) is 166 Å². The highest BCUT2D eigenvalue weighted by Crippen LogP contribution is 2.34. The third-order valence-corrected chi connectivity index (χ3v) is 13.8. The molecule has 0 spiro atoms. The minimum Gasteiger partial charge on any atom is -0.463 e. The molecule has 8 aromatic carbocycles. The maximum atomic E-state index is 13.5. The highest BCUT2D eigenvalue weighted by molar-refractivity contribution is 6.00. The van der Waals surface area contributed by atoms with Crippen molar-refractivity contribution in [2.24, 2.45) is 0 Å². The van der Waals surface area contributed by atoms with E-state index in [1.807, 2.05) is 0 Å². The van der Waals surface area contributed by atoms with Crippen LogP contribution < -0.4 is 18.9 Å². The lowest BCUT2D eigenvalue weighted by Gasteiger charge is -2.17. The normalized spacial score (nSPS) is 15.9. The van der Waals surface area contributed by atoms with Crippen molar-refractivity contribution in [1.82, 2.24) is 0 Å². The summed E-state index contributed by atoms with van der Waals surface area (Å²) in [6.45, 7) is 7.22. The van der Waals surface area contributed by atoms with Crippen LogP contribution in [0.25, 0.3) is 43.1 Å². The van der Waals surface area contributed by atoms with Crippen molar-refractivity contribution in [3.8, 4) is 23.0 Å². The van der Waals surface area contributed by atoms with Crippen molar-refractivity contribution in [2.45, 2.75) is 50.1 Å². The summed E-state index contributed by atoms with van der Waals surface area (Å²) < 4.78 is 65.7. The molecule has 20 nitrogen and oxygen atoms in total. The van der Waals surface area contributed by atoms with E-state index in [0.717, 1.165) is 12.2 Å². The standard InChI is InChI=1S/C66H54O20/c1-3-57(67)75-25-5-7-27-77-65(73)83-53-23-19-41-29-47(13-9-45(41)35-53)61(69)81-51-21-17-39-31-49(15-11-43(39)33-51)63(71)85-55-37-79-60-56(38-80-59(55)60)86-64(72)50-16-12-44-34-52(22-18-40(44)32-50)82-62(70)48-14-10-46-36-54(24-20-42(46)30-48)84-66(74)78-28-8-6-26-76-58(68)4-2/h3-4,9-24,29-36,55-56,59-60H,1-2,5-8,25-28,37-38H2/t55-,56-,59?,60?/m1/s1. The molecule has 10 rings (SSSR count). The Bertz CT molecular complexity index is 3710. The third-order valence-electron chi connectivity index (χ3n) is 13.8. The van der Waals surface area contributed by atoms with Crippen molar-refractivity contribution in [1.29, 1.82) is 0 Å². The number of fused-ring (bicyclic) bond motifs is 5. The predicted molar refractivity (Wildman–Crippen MR) is 308 cm³/mol. The molecule has 0 amide bonds. The zero-order valence-electron chi connectivity index (χ0n) is 46.0. The number of unbranched alkanes of at least 4 members (excludes halogenated alkanes) is 2. The summed E-state index contributed by atoms with van der Waals surface area (Å²) in [5.74, 6) is -2.41. The van der Waals surface area contributed by atoms with Gasteiger partial charge in [-0.1, -0.05) is 61.7 Å². The molecule has 2 saturated heterocycles. The molecule has 0 N–H and O–H groups in total. The van der Waals surface area contributed by atoms with Crippen molar-refractivity contribution in [3.63, 3.8) is 0 Å². The number of esters is 6. The van der Waals surface area contributed by atoms with Crippen LogP contribution in [0.1, 0.15) is 67.1 Å². The Balaban J connectivity index is 0.663. The molecule has 86 heavy (non-hydrogen) atoms. The molecule has 2 heterocycles. The predicted octanol–water partition coefficient (Wildman–Crippen LogP) is 11.3. The number of hydrogen-bond donors (Lipinski definition) is 0. The average molecular weight is 1170 g/mol. The van der Waals surface area contributed by atoms with E-state index in [0.29, 0.717) is 68.8 Å². The van der Waals surface area contributed by atoms with E-state index >= 15 is 0 Å². The Kier molecular flexibility index (Phi) is 18.7. The Morgan fingerprint density at radius 2 is 0.640 bits per heavy atom. The molecule has 8 aromatic rings. The molecule has 0 bridgehead atoms. The molecule has 0 aliphatic carbocycles. The van der Waals surface area contributed by atoms with Crippen LogP contribution in [0.5, 0.6) is 23.0 Å². The zero-order valence-corrected chi connectivity index (χ0v) is 46.0. The van der Waals surface area contributed by atoms with Crippen LogP contribution in [0.3, 0.4) is 0 Å². The smallest absolute Gasteiger partial charge is 0.463 e. The van der Waals surface area contributed by atoms with Crippen molar-refractivity contribution in [3.05, 3.63) is 193 Å². The van der Waals surface area contributed by atoms with Crippen molar-refractivity contribution >= 4 is 91.2 Å². The van der Waals surface area contributed by atoms with Gasteiger partial charge in [0.05, 0.1) is 61.9 Å². The lowest BCUT2D eigenvalue weighted by molar-refractivity contribution is -0.138. The van der Waals surface area contributed by atoms with Crippen molar-refractivity contribution < 1.29 is 95.2 Å². The summed E-state index contributed by atoms with van der Waals surface area (Å²) in [5, 5.41) is 5.55. The van der Waals surface area contributed by atoms with E-state index in [2.05, 4.69) is 13.2 Å². The van der Waals surface area contributed by atoms with Crippen LogP contribution in [-0.2, 0) is 47.5 Å². The topological polar surface area (TPSA) is 247 Å². The first kappa shape index (κ1) is 58.7. The van der Waals surface area contributed by atoms with Crippen molar-refractivity contribution in [2.75, 3.05) is 39.6 Å². The highest BCUT2D eigenvalue weighted by Gasteiger charge is 2.51. The minimum atomic E-state index is -0.883. The quantitative estimate of drug-likeness (QED) is 0.0153. The molecule has 0 radical (unpaired) electrons. The zero-order chi connectivity index (χ0) is 60.1. The van der Waals surface area contributed by atoms with E-state index < -0.39 is 72.5 Å². The maximum absolute atomic E-state index is 13.5. The van der Waals surface area contributed by atoms with Gasteiger partial charge in [0, 0.05) is 12.2 Å². The first-order valence-electron chi connectivity index (χ1n) is 27.3. The van der Waals surface area contributed by atoms with Crippen LogP contribution in [0, 0.1) is 0 Å². The van der Waals surface area contributed by atoms with Gasteiger partial charge in [-0.2, -0.15) is 0 Å². The lowest BCUT2D eigenvalue weighted by Crippen LogP contribution is -2.36. The summed E-state index contributed by atoms with van der Waals surface area (Å²) in [6, 6.07) is 39.7. The SMILES string of the molecule is C=CC(=O)OCCCCOC(=O)Oc1ccc2cc(C(=O)Oc3ccc4cc(C(=O)O[C@@H]5COC6C5OC[C@H]6OC(=O)c5ccc6cc(OC(=O)c7ccc8cc(OC(=O)OCCCCOC(=O)C=C)ccc8c7)ccc6c5)ccc4c3)ccc2c1. The molecule has 2 aliphatic heterocycles. The van der Waals surface area contributed by atoms with Gasteiger partial charge in [-0.25, -0.2) is 38.4 Å². The number of rotatable bonds is 22. The Labute approximate surface area is 490 Å². The average Bonchev–Trinajstić information content (AvgIpc) is 2.66. The number of hydrogen-bond acceptors (Lipinski definition) is 20. The van der Waals surface area contributed by atoms with Gasteiger partial charge in [0.2, 0.25) is 0 Å². The van der Waals surface area contributed by atoms with Gasteiger partial charge in [0.1, 0.15) is 35.2 Å². The second kappa shape index (κ2) is 27.3. The third kappa shape index (κ3) is 14.8. The molecule has 2 aliphatic rings. The van der Waals surface area contributed by atoms with Crippen LogP contribution in [0.15, 0.2) is 171 Å².